The van der Waals surface area contributed by atoms with Crippen LogP contribution in [0.5, 0.6) is 0 Å². The first kappa shape index (κ1) is 15.9. The van der Waals surface area contributed by atoms with Crippen LogP contribution in [0.4, 0.5) is 5.69 Å². The summed E-state index contributed by atoms with van der Waals surface area (Å²) in [6, 6.07) is 4.64. The van der Waals surface area contributed by atoms with Gasteiger partial charge in [-0.05, 0) is 46.8 Å². The Bertz CT molecular complexity index is 503. The zero-order valence-corrected chi connectivity index (χ0v) is 15.1. The molecule has 116 valence electrons. The fourth-order valence-corrected chi connectivity index (χ4v) is 4.50. The van der Waals surface area contributed by atoms with E-state index in [1.807, 2.05) is 6.07 Å². The summed E-state index contributed by atoms with van der Waals surface area (Å²) < 4.78 is 0.858. The summed E-state index contributed by atoms with van der Waals surface area (Å²) in [4.78, 5) is 2.39. The topological polar surface area (TPSA) is 15.3 Å². The molecule has 2 fully saturated rings. The summed E-state index contributed by atoms with van der Waals surface area (Å²) in [5, 5.41) is 4.98. The number of benzene rings is 1. The molecule has 21 heavy (non-hydrogen) atoms. The van der Waals surface area contributed by atoms with Gasteiger partial charge in [0.2, 0.25) is 0 Å². The van der Waals surface area contributed by atoms with Crippen molar-refractivity contribution in [1.29, 1.82) is 0 Å². The van der Waals surface area contributed by atoms with Gasteiger partial charge >= 0.3 is 0 Å². The largest absolute Gasteiger partial charge is 0.367 e. The fraction of sp³-hybridized carbons (Fsp3) is 0.625. The second-order valence-corrected chi connectivity index (χ2v) is 7.71. The molecule has 1 saturated heterocycles. The molecular formula is C16H21BrCl2N2. The number of piperazine rings is 1. The molecule has 1 aliphatic heterocycles. The molecular weight excluding hydrogens is 371 g/mol. The van der Waals surface area contributed by atoms with Crippen LogP contribution in [0.25, 0.3) is 0 Å². The molecule has 2 nitrogen and oxygen atoms in total. The molecule has 5 heteroatoms. The highest BCUT2D eigenvalue weighted by Crippen LogP contribution is 2.38. The number of halogens is 3. The van der Waals surface area contributed by atoms with Gasteiger partial charge in [0.25, 0.3) is 0 Å². The lowest BCUT2D eigenvalue weighted by molar-refractivity contribution is 0.257. The molecule has 3 rings (SSSR count). The van der Waals surface area contributed by atoms with Crippen molar-refractivity contribution in [3.05, 3.63) is 26.7 Å². The van der Waals surface area contributed by atoms with Crippen LogP contribution in [0.15, 0.2) is 16.6 Å². The Morgan fingerprint density at radius 2 is 1.86 bits per heavy atom. The highest BCUT2D eigenvalue weighted by atomic mass is 79.9. The summed E-state index contributed by atoms with van der Waals surface area (Å²) >= 11 is 16.1. The van der Waals surface area contributed by atoms with Crippen molar-refractivity contribution in [3.63, 3.8) is 0 Å². The summed E-state index contributed by atoms with van der Waals surface area (Å²) in [6.07, 6.45) is 6.89. The molecule has 0 bridgehead atoms. The van der Waals surface area contributed by atoms with Crippen molar-refractivity contribution in [2.75, 3.05) is 24.5 Å². The van der Waals surface area contributed by atoms with E-state index in [4.69, 9.17) is 23.2 Å². The van der Waals surface area contributed by atoms with Gasteiger partial charge in [-0.2, -0.15) is 0 Å². The number of hydrogen-bond acceptors (Lipinski definition) is 2. The van der Waals surface area contributed by atoms with Crippen molar-refractivity contribution in [3.8, 4) is 0 Å². The van der Waals surface area contributed by atoms with E-state index in [1.54, 1.807) is 0 Å². The zero-order chi connectivity index (χ0) is 14.8. The third kappa shape index (κ3) is 3.52. The number of hydrogen-bond donors (Lipinski definition) is 1. The molecule has 1 unspecified atom stereocenters. The quantitative estimate of drug-likeness (QED) is 0.704. The summed E-state index contributed by atoms with van der Waals surface area (Å²) in [5.41, 5.74) is 1.06. The Labute approximate surface area is 145 Å². The van der Waals surface area contributed by atoms with Crippen molar-refractivity contribution < 1.29 is 0 Å². The maximum Gasteiger partial charge on any atom is 0.0837 e. The maximum atomic E-state index is 6.44. The van der Waals surface area contributed by atoms with E-state index in [0.717, 1.165) is 35.7 Å². The molecule has 0 amide bonds. The van der Waals surface area contributed by atoms with Gasteiger partial charge in [-0.1, -0.05) is 42.5 Å². The molecule has 1 heterocycles. The lowest BCUT2D eigenvalue weighted by Crippen LogP contribution is -2.54. The third-order valence-corrected chi connectivity index (χ3v) is 6.54. The van der Waals surface area contributed by atoms with Gasteiger partial charge in [0, 0.05) is 30.1 Å². The van der Waals surface area contributed by atoms with Gasteiger partial charge < -0.3 is 10.2 Å². The van der Waals surface area contributed by atoms with Gasteiger partial charge in [0.15, 0.2) is 0 Å². The lowest BCUT2D eigenvalue weighted by atomic mass is 9.83. The van der Waals surface area contributed by atoms with E-state index in [2.05, 4.69) is 32.2 Å². The SMILES string of the molecule is Clc1c(Br)ccc(N2CCNC(C3CCCCC3)C2)c1Cl. The van der Waals surface area contributed by atoms with Crippen molar-refractivity contribution in [2.45, 2.75) is 38.1 Å². The van der Waals surface area contributed by atoms with Crippen LogP contribution in [0.1, 0.15) is 32.1 Å². The van der Waals surface area contributed by atoms with Crippen LogP contribution in [-0.4, -0.2) is 25.7 Å². The Balaban J connectivity index is 1.75. The van der Waals surface area contributed by atoms with E-state index >= 15 is 0 Å². The van der Waals surface area contributed by atoms with Gasteiger partial charge in [-0.15, -0.1) is 0 Å². The summed E-state index contributed by atoms with van der Waals surface area (Å²) in [5.74, 6) is 0.811. The van der Waals surface area contributed by atoms with E-state index in [-0.39, 0.29) is 0 Å². The molecule has 1 aromatic rings. The van der Waals surface area contributed by atoms with E-state index in [0.29, 0.717) is 16.1 Å². The molecule has 1 aliphatic carbocycles. The fourth-order valence-electron chi connectivity index (χ4n) is 3.61. The van der Waals surface area contributed by atoms with Crippen LogP contribution in [0, 0.1) is 5.92 Å². The van der Waals surface area contributed by atoms with Crippen molar-refractivity contribution in [2.24, 2.45) is 5.92 Å². The maximum absolute atomic E-state index is 6.44. The molecule has 2 aliphatic rings. The smallest absolute Gasteiger partial charge is 0.0837 e. The van der Waals surface area contributed by atoms with Gasteiger partial charge in [-0.25, -0.2) is 0 Å². The Morgan fingerprint density at radius 3 is 2.62 bits per heavy atom. The Morgan fingerprint density at radius 1 is 1.10 bits per heavy atom. The monoisotopic (exact) mass is 390 g/mol. The average Bonchev–Trinajstić information content (AvgIpc) is 2.54. The van der Waals surface area contributed by atoms with Crippen LogP contribution < -0.4 is 10.2 Å². The second kappa shape index (κ2) is 7.08. The third-order valence-electron chi connectivity index (χ3n) is 4.78. The van der Waals surface area contributed by atoms with Crippen molar-refractivity contribution >= 4 is 44.8 Å². The van der Waals surface area contributed by atoms with Crippen LogP contribution in [0.3, 0.4) is 0 Å². The molecule has 0 spiro atoms. The number of nitrogens with one attached hydrogen (secondary N) is 1. The highest BCUT2D eigenvalue weighted by molar-refractivity contribution is 9.10. The first-order chi connectivity index (χ1) is 10.2. The Kier molecular flexibility index (Phi) is 5.36. The minimum absolute atomic E-state index is 0.581. The minimum atomic E-state index is 0.581. The molecule has 0 aromatic heterocycles. The summed E-state index contributed by atoms with van der Waals surface area (Å²) in [6.45, 7) is 3.04. The van der Waals surface area contributed by atoms with Crippen molar-refractivity contribution in [1.82, 2.24) is 5.32 Å². The van der Waals surface area contributed by atoms with E-state index in [1.165, 1.54) is 32.1 Å². The molecule has 1 atom stereocenters. The first-order valence-electron chi connectivity index (χ1n) is 7.78. The van der Waals surface area contributed by atoms with Crippen LogP contribution >= 0.6 is 39.1 Å². The molecule has 0 radical (unpaired) electrons. The molecule has 1 aromatic carbocycles. The molecule has 1 N–H and O–H groups in total. The van der Waals surface area contributed by atoms with Gasteiger partial charge in [0.05, 0.1) is 15.7 Å². The van der Waals surface area contributed by atoms with E-state index in [9.17, 15) is 0 Å². The second-order valence-electron chi connectivity index (χ2n) is 6.10. The lowest BCUT2D eigenvalue weighted by Gasteiger charge is -2.40. The molecule has 1 saturated carbocycles. The highest BCUT2D eigenvalue weighted by Gasteiger charge is 2.29. The number of rotatable bonds is 2. The van der Waals surface area contributed by atoms with Gasteiger partial charge in [-0.3, -0.25) is 0 Å². The van der Waals surface area contributed by atoms with E-state index < -0.39 is 0 Å². The van der Waals surface area contributed by atoms with Crippen LogP contribution in [-0.2, 0) is 0 Å². The number of nitrogens with zero attached hydrogens (tertiary/aromatic N) is 1. The van der Waals surface area contributed by atoms with Crippen LogP contribution in [0.2, 0.25) is 10.0 Å². The summed E-state index contributed by atoms with van der Waals surface area (Å²) in [7, 11) is 0. The average molecular weight is 392 g/mol. The predicted octanol–water partition coefficient (Wildman–Crippen LogP) is 5.11. The number of anilines is 1. The van der Waals surface area contributed by atoms with Gasteiger partial charge in [0.1, 0.15) is 0 Å². The Hall–Kier alpha value is 0.0400. The standard InChI is InChI=1S/C16H21BrCl2N2/c17-12-6-7-14(16(19)15(12)18)21-9-8-20-13(10-21)11-4-2-1-3-5-11/h6-7,11,13,20H,1-5,8-10H2. The normalized spacial score (nSPS) is 24.3. The zero-order valence-electron chi connectivity index (χ0n) is 12.0. The predicted molar refractivity (Wildman–Crippen MR) is 94.7 cm³/mol. The minimum Gasteiger partial charge on any atom is -0.367 e. The first-order valence-corrected chi connectivity index (χ1v) is 9.33.